The fourth-order valence-electron chi connectivity index (χ4n) is 2.94. The van der Waals surface area contributed by atoms with Crippen molar-refractivity contribution in [2.75, 3.05) is 25.0 Å². The predicted octanol–water partition coefficient (Wildman–Crippen LogP) is 2.75. The van der Waals surface area contributed by atoms with Crippen molar-refractivity contribution in [1.29, 1.82) is 0 Å². The summed E-state index contributed by atoms with van der Waals surface area (Å²) in [6, 6.07) is 13.6. The Morgan fingerprint density at radius 1 is 0.938 bits per heavy atom. The Kier molecular flexibility index (Phi) is 8.08. The predicted molar refractivity (Wildman–Crippen MR) is 121 cm³/mol. The van der Waals surface area contributed by atoms with Gasteiger partial charge in [0.2, 0.25) is 5.91 Å². The molecule has 1 aliphatic rings. The molecule has 0 saturated heterocycles. The number of carbonyl (C=O) groups excluding carboxylic acids is 3. The van der Waals surface area contributed by atoms with Crippen LogP contribution in [0.5, 0.6) is 11.5 Å². The van der Waals surface area contributed by atoms with Crippen LogP contribution in [-0.4, -0.2) is 43.5 Å². The van der Waals surface area contributed by atoms with E-state index in [1.807, 2.05) is 6.92 Å². The van der Waals surface area contributed by atoms with Crippen molar-refractivity contribution in [3.05, 3.63) is 54.1 Å². The van der Waals surface area contributed by atoms with Gasteiger partial charge in [0.25, 0.3) is 11.8 Å². The van der Waals surface area contributed by atoms with Crippen molar-refractivity contribution in [3.63, 3.8) is 0 Å². The van der Waals surface area contributed by atoms with Crippen molar-refractivity contribution < 1.29 is 23.9 Å². The average Bonchev–Trinajstić information content (AvgIpc) is 3.64. The van der Waals surface area contributed by atoms with Crippen LogP contribution < -0.4 is 25.4 Å². The smallest absolute Gasteiger partial charge is 0.265 e. The molecule has 1 atom stereocenters. The van der Waals surface area contributed by atoms with E-state index in [-0.39, 0.29) is 23.6 Å². The molecule has 2 aromatic rings. The molecule has 1 aliphatic carbocycles. The number of carbonyl (C=O) groups is 3. The molecule has 1 saturated carbocycles. The summed E-state index contributed by atoms with van der Waals surface area (Å²) in [5.41, 5.74) is 1.03. The highest BCUT2D eigenvalue weighted by Crippen LogP contribution is 2.28. The maximum atomic E-state index is 12.4. The summed E-state index contributed by atoms with van der Waals surface area (Å²) in [5.74, 6) is 0.973. The van der Waals surface area contributed by atoms with Crippen LogP contribution in [0.4, 0.5) is 5.69 Å². The van der Waals surface area contributed by atoms with Crippen molar-refractivity contribution >= 4 is 23.4 Å². The molecule has 0 aromatic heterocycles. The van der Waals surface area contributed by atoms with Gasteiger partial charge in [-0.15, -0.1) is 0 Å². The van der Waals surface area contributed by atoms with Gasteiger partial charge in [-0.3, -0.25) is 14.4 Å². The Morgan fingerprint density at radius 2 is 1.56 bits per heavy atom. The fourth-order valence-corrected chi connectivity index (χ4v) is 2.94. The Bertz CT molecular complexity index is 924. The first kappa shape index (κ1) is 23.1. The van der Waals surface area contributed by atoms with Gasteiger partial charge in [-0.05, 0) is 75.2 Å². The molecular formula is C24H29N3O5. The second kappa shape index (κ2) is 11.2. The molecule has 8 heteroatoms. The summed E-state index contributed by atoms with van der Waals surface area (Å²) in [6.45, 7) is 4.92. The molecule has 0 aliphatic heterocycles. The standard InChI is InChI=1S/C24H29N3O5/c1-3-31-20-10-12-21(13-11-20)32-16(2)22(28)27-19-8-6-18(7-9-19)24(30)26-15-14-25-23(29)17-4-5-17/h6-13,16-17H,3-5,14-15H2,1-2H3,(H,25,29)(H,26,30)(H,27,28). The van der Waals surface area contributed by atoms with E-state index in [4.69, 9.17) is 9.47 Å². The van der Waals surface area contributed by atoms with Crippen molar-refractivity contribution in [2.24, 2.45) is 5.92 Å². The third-order valence-corrected chi connectivity index (χ3v) is 4.89. The van der Waals surface area contributed by atoms with Crippen LogP contribution >= 0.6 is 0 Å². The molecule has 1 fully saturated rings. The Labute approximate surface area is 187 Å². The van der Waals surface area contributed by atoms with Crippen LogP contribution in [0.25, 0.3) is 0 Å². The zero-order valence-electron chi connectivity index (χ0n) is 18.4. The van der Waals surface area contributed by atoms with E-state index < -0.39 is 6.10 Å². The molecule has 8 nitrogen and oxygen atoms in total. The Hall–Kier alpha value is -3.55. The molecule has 3 N–H and O–H groups in total. The molecule has 0 spiro atoms. The molecule has 32 heavy (non-hydrogen) atoms. The van der Waals surface area contributed by atoms with Crippen LogP contribution in [0.1, 0.15) is 37.0 Å². The first-order valence-electron chi connectivity index (χ1n) is 10.8. The molecule has 0 radical (unpaired) electrons. The Balaban J connectivity index is 1.41. The SMILES string of the molecule is CCOc1ccc(OC(C)C(=O)Nc2ccc(C(=O)NCCNC(=O)C3CC3)cc2)cc1. The van der Waals surface area contributed by atoms with E-state index >= 15 is 0 Å². The minimum absolute atomic E-state index is 0.0556. The second-order valence-corrected chi connectivity index (χ2v) is 7.55. The van der Waals surface area contributed by atoms with Gasteiger partial charge in [0.05, 0.1) is 6.61 Å². The van der Waals surface area contributed by atoms with Gasteiger partial charge in [-0.1, -0.05) is 0 Å². The molecule has 0 heterocycles. The monoisotopic (exact) mass is 439 g/mol. The quantitative estimate of drug-likeness (QED) is 0.467. The summed E-state index contributed by atoms with van der Waals surface area (Å²) >= 11 is 0. The maximum Gasteiger partial charge on any atom is 0.265 e. The van der Waals surface area contributed by atoms with E-state index in [1.165, 1.54) is 0 Å². The van der Waals surface area contributed by atoms with Gasteiger partial charge in [-0.2, -0.15) is 0 Å². The molecular weight excluding hydrogens is 410 g/mol. The fraction of sp³-hybridized carbons (Fsp3) is 0.375. The Morgan fingerprint density at radius 3 is 2.19 bits per heavy atom. The molecule has 3 amide bonds. The number of nitrogens with one attached hydrogen (secondary N) is 3. The van der Waals surface area contributed by atoms with Crippen LogP contribution in [0.15, 0.2) is 48.5 Å². The number of anilines is 1. The van der Waals surface area contributed by atoms with Crippen LogP contribution in [0, 0.1) is 5.92 Å². The van der Waals surface area contributed by atoms with Crippen molar-refractivity contribution in [2.45, 2.75) is 32.8 Å². The number of hydrogen-bond donors (Lipinski definition) is 3. The topological polar surface area (TPSA) is 106 Å². The third kappa shape index (κ3) is 7.01. The summed E-state index contributed by atoms with van der Waals surface area (Å²) in [7, 11) is 0. The molecule has 2 aromatic carbocycles. The van der Waals surface area contributed by atoms with Gasteiger partial charge in [0.1, 0.15) is 11.5 Å². The van der Waals surface area contributed by atoms with E-state index in [9.17, 15) is 14.4 Å². The minimum Gasteiger partial charge on any atom is -0.494 e. The van der Waals surface area contributed by atoms with E-state index in [1.54, 1.807) is 55.5 Å². The van der Waals surface area contributed by atoms with Gasteiger partial charge in [0.15, 0.2) is 6.10 Å². The maximum absolute atomic E-state index is 12.4. The number of benzene rings is 2. The minimum atomic E-state index is -0.707. The van der Waals surface area contributed by atoms with Crippen molar-refractivity contribution in [1.82, 2.24) is 10.6 Å². The highest BCUT2D eigenvalue weighted by Gasteiger charge is 2.29. The lowest BCUT2D eigenvalue weighted by Gasteiger charge is -2.15. The number of hydrogen-bond acceptors (Lipinski definition) is 5. The molecule has 0 bridgehead atoms. The largest absolute Gasteiger partial charge is 0.494 e. The number of ether oxygens (including phenoxy) is 2. The highest BCUT2D eigenvalue weighted by molar-refractivity contribution is 5.96. The molecule has 170 valence electrons. The third-order valence-electron chi connectivity index (χ3n) is 4.89. The average molecular weight is 440 g/mol. The van der Waals surface area contributed by atoms with E-state index in [0.717, 1.165) is 18.6 Å². The first-order valence-corrected chi connectivity index (χ1v) is 10.8. The second-order valence-electron chi connectivity index (χ2n) is 7.55. The summed E-state index contributed by atoms with van der Waals surface area (Å²) in [4.78, 5) is 36.2. The van der Waals surface area contributed by atoms with E-state index in [2.05, 4.69) is 16.0 Å². The lowest BCUT2D eigenvalue weighted by molar-refractivity contribution is -0.122. The molecule has 1 unspecified atom stereocenters. The number of amides is 3. The van der Waals surface area contributed by atoms with Gasteiger partial charge < -0.3 is 25.4 Å². The highest BCUT2D eigenvalue weighted by atomic mass is 16.5. The summed E-state index contributed by atoms with van der Waals surface area (Å²) in [6.07, 6.45) is 1.20. The molecule has 3 rings (SSSR count). The lowest BCUT2D eigenvalue weighted by atomic mass is 10.2. The van der Waals surface area contributed by atoms with Gasteiger partial charge in [0, 0.05) is 30.3 Å². The zero-order chi connectivity index (χ0) is 22.9. The van der Waals surface area contributed by atoms with E-state index in [0.29, 0.717) is 36.7 Å². The van der Waals surface area contributed by atoms with Gasteiger partial charge in [-0.25, -0.2) is 0 Å². The first-order chi connectivity index (χ1) is 15.5. The lowest BCUT2D eigenvalue weighted by Crippen LogP contribution is -2.35. The summed E-state index contributed by atoms with van der Waals surface area (Å²) in [5, 5.41) is 8.33. The van der Waals surface area contributed by atoms with Gasteiger partial charge >= 0.3 is 0 Å². The van der Waals surface area contributed by atoms with Crippen molar-refractivity contribution in [3.8, 4) is 11.5 Å². The summed E-state index contributed by atoms with van der Waals surface area (Å²) < 4.78 is 11.1. The zero-order valence-corrected chi connectivity index (χ0v) is 18.4. The van der Waals surface area contributed by atoms with Crippen LogP contribution in [0.3, 0.4) is 0 Å². The normalized spacial score (nSPS) is 13.6. The van der Waals surface area contributed by atoms with Crippen LogP contribution in [0.2, 0.25) is 0 Å². The van der Waals surface area contributed by atoms with Crippen LogP contribution in [-0.2, 0) is 9.59 Å². The number of rotatable bonds is 11.